The number of hydrogen-bond acceptors (Lipinski definition) is 6. The van der Waals surface area contributed by atoms with Crippen LogP contribution < -0.4 is 20.9 Å². The molecule has 0 bridgehead atoms. The van der Waals surface area contributed by atoms with Gasteiger partial charge in [0.05, 0.1) is 11.7 Å². The first-order valence-corrected chi connectivity index (χ1v) is 9.14. The number of anilines is 2. The average Bonchev–Trinajstić information content (AvgIpc) is 2.70. The molecule has 0 aliphatic rings. The van der Waals surface area contributed by atoms with Gasteiger partial charge in [-0.25, -0.2) is 9.97 Å². The fourth-order valence-electron chi connectivity index (χ4n) is 2.74. The maximum Gasteiger partial charge on any atom is 0.293 e. The van der Waals surface area contributed by atoms with Crippen LogP contribution in [0.15, 0.2) is 41.6 Å². The molecule has 1 amide bonds. The second kappa shape index (κ2) is 8.71. The first kappa shape index (κ1) is 19.6. The third-order valence-electron chi connectivity index (χ3n) is 4.08. The van der Waals surface area contributed by atoms with E-state index in [0.717, 1.165) is 23.0 Å². The van der Waals surface area contributed by atoms with Crippen molar-refractivity contribution >= 4 is 39.9 Å². The molecule has 28 heavy (non-hydrogen) atoms. The van der Waals surface area contributed by atoms with Crippen molar-refractivity contribution in [3.63, 3.8) is 0 Å². The molecule has 0 saturated carbocycles. The average molecular weight is 402 g/mol. The summed E-state index contributed by atoms with van der Waals surface area (Å²) in [6.45, 7) is 2.30. The summed E-state index contributed by atoms with van der Waals surface area (Å²) in [4.78, 5) is 32.2. The standard InChI is InChI=1S/C19H20ClN5O3/c1-3-6-25-15-5-4-13(24-18-14(20)9-22-11-23-18)7-12(15)8-16(19(25)27)28-10-17(26)21-2/h4-5,7-9,11H,3,6,10H2,1-2H3,(H,21,26)(H,22,23,24). The van der Waals surface area contributed by atoms with Crippen LogP contribution in [-0.2, 0) is 11.3 Å². The number of pyridine rings is 1. The number of carbonyl (C=O) groups excluding carboxylic acids is 1. The number of fused-ring (bicyclic) bond motifs is 1. The molecule has 9 heteroatoms. The normalized spacial score (nSPS) is 10.7. The number of hydrogen-bond donors (Lipinski definition) is 2. The van der Waals surface area contributed by atoms with E-state index in [9.17, 15) is 9.59 Å². The van der Waals surface area contributed by atoms with Crippen molar-refractivity contribution in [2.45, 2.75) is 19.9 Å². The Hall–Kier alpha value is -3.13. The first-order chi connectivity index (χ1) is 13.5. The minimum absolute atomic E-state index is 0.127. The zero-order valence-electron chi connectivity index (χ0n) is 15.5. The minimum Gasteiger partial charge on any atom is -0.478 e. The van der Waals surface area contributed by atoms with Gasteiger partial charge < -0.3 is 19.9 Å². The van der Waals surface area contributed by atoms with Crippen LogP contribution in [0.1, 0.15) is 13.3 Å². The fourth-order valence-corrected chi connectivity index (χ4v) is 2.90. The summed E-state index contributed by atoms with van der Waals surface area (Å²) >= 11 is 6.10. The topological polar surface area (TPSA) is 98.1 Å². The maximum absolute atomic E-state index is 12.8. The second-order valence-electron chi connectivity index (χ2n) is 6.05. The van der Waals surface area contributed by atoms with Crippen molar-refractivity contribution in [3.8, 4) is 5.75 Å². The van der Waals surface area contributed by atoms with E-state index < -0.39 is 0 Å². The minimum atomic E-state index is -0.310. The predicted molar refractivity (Wildman–Crippen MR) is 108 cm³/mol. The largest absolute Gasteiger partial charge is 0.478 e. The third-order valence-corrected chi connectivity index (χ3v) is 4.35. The van der Waals surface area contributed by atoms with Crippen molar-refractivity contribution in [1.82, 2.24) is 19.9 Å². The zero-order valence-corrected chi connectivity index (χ0v) is 16.3. The van der Waals surface area contributed by atoms with Crippen molar-refractivity contribution in [2.24, 2.45) is 0 Å². The summed E-state index contributed by atoms with van der Waals surface area (Å²) in [6, 6.07) is 7.20. The first-order valence-electron chi connectivity index (χ1n) is 8.77. The van der Waals surface area contributed by atoms with Gasteiger partial charge in [0.15, 0.2) is 18.2 Å². The van der Waals surface area contributed by atoms with E-state index in [-0.39, 0.29) is 23.8 Å². The molecule has 0 aliphatic carbocycles. The van der Waals surface area contributed by atoms with Crippen LogP contribution in [0.25, 0.3) is 10.9 Å². The fraction of sp³-hybridized carbons (Fsp3) is 0.263. The number of ether oxygens (including phenoxy) is 1. The Kier molecular flexibility index (Phi) is 6.10. The van der Waals surface area contributed by atoms with Crippen LogP contribution in [0, 0.1) is 0 Å². The lowest BCUT2D eigenvalue weighted by atomic mass is 10.1. The highest BCUT2D eigenvalue weighted by Crippen LogP contribution is 2.26. The summed E-state index contributed by atoms with van der Waals surface area (Å²) in [5.41, 5.74) is 1.25. The molecule has 0 atom stereocenters. The van der Waals surface area contributed by atoms with Gasteiger partial charge in [-0.2, -0.15) is 0 Å². The van der Waals surface area contributed by atoms with E-state index in [1.165, 1.54) is 19.6 Å². The summed E-state index contributed by atoms with van der Waals surface area (Å²) < 4.78 is 7.10. The van der Waals surface area contributed by atoms with E-state index in [1.54, 1.807) is 10.6 Å². The number of aromatic nitrogens is 3. The molecular weight excluding hydrogens is 382 g/mol. The Labute approximate surface area is 166 Å². The lowest BCUT2D eigenvalue weighted by molar-refractivity contribution is -0.122. The van der Waals surface area contributed by atoms with Crippen molar-refractivity contribution in [2.75, 3.05) is 19.0 Å². The van der Waals surface area contributed by atoms with Crippen LogP contribution in [0.2, 0.25) is 5.02 Å². The zero-order chi connectivity index (χ0) is 20.1. The van der Waals surface area contributed by atoms with Gasteiger partial charge in [-0.15, -0.1) is 0 Å². The monoisotopic (exact) mass is 401 g/mol. The number of halogens is 1. The van der Waals surface area contributed by atoms with Gasteiger partial charge in [0.2, 0.25) is 0 Å². The third kappa shape index (κ3) is 4.23. The van der Waals surface area contributed by atoms with Gasteiger partial charge in [-0.3, -0.25) is 9.59 Å². The van der Waals surface area contributed by atoms with Crippen LogP contribution in [0.3, 0.4) is 0 Å². The maximum atomic E-state index is 12.8. The molecule has 2 aromatic heterocycles. The van der Waals surface area contributed by atoms with E-state index in [1.807, 2.05) is 25.1 Å². The van der Waals surface area contributed by atoms with Crippen LogP contribution in [0.5, 0.6) is 5.75 Å². The Bertz CT molecular complexity index is 1070. The summed E-state index contributed by atoms with van der Waals surface area (Å²) in [5, 5.41) is 6.78. The van der Waals surface area contributed by atoms with Crippen molar-refractivity contribution in [1.29, 1.82) is 0 Å². The van der Waals surface area contributed by atoms with Crippen molar-refractivity contribution in [3.05, 3.63) is 52.2 Å². The molecule has 1 aromatic carbocycles. The number of aryl methyl sites for hydroxylation is 1. The van der Waals surface area contributed by atoms with E-state index >= 15 is 0 Å². The Morgan fingerprint density at radius 1 is 1.32 bits per heavy atom. The Morgan fingerprint density at radius 3 is 2.86 bits per heavy atom. The summed E-state index contributed by atoms with van der Waals surface area (Å²) in [7, 11) is 1.51. The van der Waals surface area contributed by atoms with Crippen LogP contribution >= 0.6 is 11.6 Å². The summed E-state index contributed by atoms with van der Waals surface area (Å²) in [5.74, 6) is 0.297. The molecule has 146 valence electrons. The molecule has 0 fully saturated rings. The molecule has 0 aliphatic heterocycles. The van der Waals surface area contributed by atoms with Crippen LogP contribution in [0.4, 0.5) is 11.5 Å². The highest BCUT2D eigenvalue weighted by atomic mass is 35.5. The van der Waals surface area contributed by atoms with Gasteiger partial charge in [-0.05, 0) is 30.7 Å². The Balaban J connectivity index is 2.03. The molecule has 2 heterocycles. The van der Waals surface area contributed by atoms with Gasteiger partial charge in [-0.1, -0.05) is 18.5 Å². The summed E-state index contributed by atoms with van der Waals surface area (Å²) in [6.07, 6.45) is 3.69. The van der Waals surface area contributed by atoms with Crippen molar-refractivity contribution < 1.29 is 9.53 Å². The van der Waals surface area contributed by atoms with Gasteiger partial charge >= 0.3 is 0 Å². The lowest BCUT2D eigenvalue weighted by Crippen LogP contribution is -2.28. The molecule has 0 radical (unpaired) electrons. The highest BCUT2D eigenvalue weighted by molar-refractivity contribution is 6.32. The number of likely N-dealkylation sites (N-methyl/N-ethyl adjacent to an activating group) is 1. The number of nitrogens with zero attached hydrogens (tertiary/aromatic N) is 3. The molecule has 0 spiro atoms. The Morgan fingerprint density at radius 2 is 2.14 bits per heavy atom. The number of benzene rings is 1. The number of nitrogens with one attached hydrogen (secondary N) is 2. The molecule has 3 rings (SSSR count). The molecule has 3 aromatic rings. The predicted octanol–water partition coefficient (Wildman–Crippen LogP) is 2.72. The quantitative estimate of drug-likeness (QED) is 0.631. The SMILES string of the molecule is CCCn1c(=O)c(OCC(=O)NC)cc2cc(Nc3ncncc3Cl)ccc21. The van der Waals surface area contributed by atoms with E-state index in [2.05, 4.69) is 20.6 Å². The number of rotatable bonds is 7. The lowest BCUT2D eigenvalue weighted by Gasteiger charge is -2.14. The molecule has 0 saturated heterocycles. The highest BCUT2D eigenvalue weighted by Gasteiger charge is 2.12. The van der Waals surface area contributed by atoms with E-state index in [4.69, 9.17) is 16.3 Å². The van der Waals surface area contributed by atoms with E-state index in [0.29, 0.717) is 17.4 Å². The number of carbonyl (C=O) groups is 1. The molecule has 2 N–H and O–H groups in total. The van der Waals surface area contributed by atoms with Gasteiger partial charge in [0, 0.05) is 24.7 Å². The second-order valence-corrected chi connectivity index (χ2v) is 6.45. The molecule has 8 nitrogen and oxygen atoms in total. The molecule has 0 unspecified atom stereocenters. The smallest absolute Gasteiger partial charge is 0.293 e. The van der Waals surface area contributed by atoms with Gasteiger partial charge in [0.25, 0.3) is 11.5 Å². The van der Waals surface area contributed by atoms with Crippen LogP contribution in [-0.4, -0.2) is 34.1 Å². The number of amides is 1. The molecular formula is C19H20ClN5O3. The van der Waals surface area contributed by atoms with Gasteiger partial charge in [0.1, 0.15) is 11.3 Å².